The number of nitrogens with two attached hydrogens (primary N) is 1. The van der Waals surface area contributed by atoms with Gasteiger partial charge >= 0.3 is 0 Å². The molecular formula is C16H20Cl3F2N3O2. The zero-order chi connectivity index (χ0) is 18.6. The van der Waals surface area contributed by atoms with E-state index in [0.29, 0.717) is 30.0 Å². The van der Waals surface area contributed by atoms with Gasteiger partial charge in [0.1, 0.15) is 0 Å². The number of hydrogen-bond acceptors (Lipinski definition) is 3. The van der Waals surface area contributed by atoms with Gasteiger partial charge in [0, 0.05) is 18.7 Å². The van der Waals surface area contributed by atoms with Gasteiger partial charge in [0.2, 0.25) is 5.91 Å². The van der Waals surface area contributed by atoms with E-state index >= 15 is 0 Å². The summed E-state index contributed by atoms with van der Waals surface area (Å²) >= 11 is 11.8. The number of halogens is 5. The maximum absolute atomic E-state index is 13.1. The van der Waals surface area contributed by atoms with Crippen molar-refractivity contribution >= 4 is 47.4 Å². The van der Waals surface area contributed by atoms with Crippen LogP contribution >= 0.6 is 35.6 Å². The van der Waals surface area contributed by atoms with Gasteiger partial charge in [0.05, 0.1) is 29.1 Å². The van der Waals surface area contributed by atoms with Crippen LogP contribution in [0.25, 0.3) is 0 Å². The summed E-state index contributed by atoms with van der Waals surface area (Å²) in [5.74, 6) is -4.45. The maximum Gasteiger partial charge on any atom is 0.277 e. The van der Waals surface area contributed by atoms with Gasteiger partial charge in [-0.25, -0.2) is 8.78 Å². The second-order valence-electron chi connectivity index (χ2n) is 6.00. The van der Waals surface area contributed by atoms with Crippen molar-refractivity contribution in [1.82, 2.24) is 10.2 Å². The number of amides is 2. The number of rotatable bonds is 5. The third-order valence-electron chi connectivity index (χ3n) is 4.07. The van der Waals surface area contributed by atoms with E-state index in [-0.39, 0.29) is 29.9 Å². The zero-order valence-corrected chi connectivity index (χ0v) is 16.1. The Bertz CT molecular complexity index is 662. The van der Waals surface area contributed by atoms with Gasteiger partial charge in [0.15, 0.2) is 0 Å². The predicted octanol–water partition coefficient (Wildman–Crippen LogP) is 2.98. The average molecular weight is 431 g/mol. The molecule has 0 radical (unpaired) electrons. The van der Waals surface area contributed by atoms with Crippen molar-refractivity contribution in [1.29, 1.82) is 0 Å². The molecule has 0 bridgehead atoms. The number of benzene rings is 1. The second-order valence-corrected chi connectivity index (χ2v) is 6.81. The van der Waals surface area contributed by atoms with E-state index in [0.717, 1.165) is 0 Å². The largest absolute Gasteiger partial charge is 0.350 e. The molecule has 0 spiro atoms. The summed E-state index contributed by atoms with van der Waals surface area (Å²) in [5.41, 5.74) is 5.31. The van der Waals surface area contributed by atoms with Gasteiger partial charge in [-0.1, -0.05) is 23.2 Å². The fourth-order valence-corrected chi connectivity index (χ4v) is 2.92. The van der Waals surface area contributed by atoms with Crippen molar-refractivity contribution in [2.24, 2.45) is 11.7 Å². The van der Waals surface area contributed by atoms with Gasteiger partial charge in [0.25, 0.3) is 11.8 Å². The number of nitrogens with one attached hydrogen (secondary N) is 1. The van der Waals surface area contributed by atoms with Crippen molar-refractivity contribution in [2.75, 3.05) is 26.2 Å². The lowest BCUT2D eigenvalue weighted by Gasteiger charge is -2.32. The van der Waals surface area contributed by atoms with Gasteiger partial charge in [-0.3, -0.25) is 9.59 Å². The molecule has 1 aromatic rings. The van der Waals surface area contributed by atoms with Crippen molar-refractivity contribution in [2.45, 2.75) is 18.8 Å². The third-order valence-corrected chi connectivity index (χ3v) is 4.80. The molecule has 3 N–H and O–H groups in total. The molecule has 26 heavy (non-hydrogen) atoms. The number of carbonyl (C=O) groups excluding carboxylic acids is 2. The molecule has 146 valence electrons. The molecule has 2 rings (SSSR count). The molecule has 1 aromatic carbocycles. The summed E-state index contributed by atoms with van der Waals surface area (Å²) in [7, 11) is 0. The highest BCUT2D eigenvalue weighted by Gasteiger charge is 2.32. The van der Waals surface area contributed by atoms with Crippen molar-refractivity contribution in [3.05, 3.63) is 33.8 Å². The molecule has 0 aliphatic carbocycles. The first-order chi connectivity index (χ1) is 11.7. The predicted molar refractivity (Wildman–Crippen MR) is 99.3 cm³/mol. The van der Waals surface area contributed by atoms with Gasteiger partial charge in [-0.15, -0.1) is 12.4 Å². The van der Waals surface area contributed by atoms with E-state index in [9.17, 15) is 18.4 Å². The average Bonchev–Trinajstić information content (AvgIpc) is 2.61. The monoisotopic (exact) mass is 429 g/mol. The Kier molecular flexibility index (Phi) is 8.53. The van der Waals surface area contributed by atoms with Crippen molar-refractivity contribution < 1.29 is 18.4 Å². The highest BCUT2D eigenvalue weighted by atomic mass is 35.5. The highest BCUT2D eigenvalue weighted by Crippen LogP contribution is 2.25. The fourth-order valence-electron chi connectivity index (χ4n) is 2.62. The van der Waals surface area contributed by atoms with Crippen molar-refractivity contribution in [3.8, 4) is 0 Å². The standard InChI is InChI=1S/C16H19Cl2F2N3O2.ClH/c17-12-4-3-10(6-13(12)18)15(25)23-5-1-2-11(7-23)14(24)22-9-16(19,20)8-21;/h3-4,6,11H,1-2,5,7-9,21H2,(H,22,24);1H. The van der Waals surface area contributed by atoms with Crippen LogP contribution in [0, 0.1) is 5.92 Å². The minimum atomic E-state index is -3.14. The van der Waals surface area contributed by atoms with Crippen LogP contribution in [0.4, 0.5) is 8.78 Å². The highest BCUT2D eigenvalue weighted by molar-refractivity contribution is 6.42. The topological polar surface area (TPSA) is 75.4 Å². The van der Waals surface area contributed by atoms with Crippen LogP contribution in [0.1, 0.15) is 23.2 Å². The number of piperidine rings is 1. The number of alkyl halides is 2. The normalized spacial score (nSPS) is 17.4. The molecule has 1 aliphatic heterocycles. The van der Waals surface area contributed by atoms with E-state index in [1.165, 1.54) is 17.0 Å². The first-order valence-corrected chi connectivity index (χ1v) is 8.59. The van der Waals surface area contributed by atoms with Crippen molar-refractivity contribution in [3.63, 3.8) is 0 Å². The Morgan fingerprint density at radius 2 is 2.00 bits per heavy atom. The maximum atomic E-state index is 13.1. The lowest BCUT2D eigenvalue weighted by Crippen LogP contribution is -2.48. The molecule has 10 heteroatoms. The Hall–Kier alpha value is -1.15. The van der Waals surface area contributed by atoms with Gasteiger partial charge in [-0.2, -0.15) is 0 Å². The number of nitrogens with zero attached hydrogens (tertiary/aromatic N) is 1. The van der Waals surface area contributed by atoms with Crippen LogP contribution in [0.2, 0.25) is 10.0 Å². The lowest BCUT2D eigenvalue weighted by molar-refractivity contribution is -0.128. The summed E-state index contributed by atoms with van der Waals surface area (Å²) in [6, 6.07) is 4.56. The second kappa shape index (κ2) is 9.69. The third kappa shape index (κ3) is 5.94. The minimum Gasteiger partial charge on any atom is -0.350 e. The molecule has 1 aliphatic rings. The minimum absolute atomic E-state index is 0. The van der Waals surface area contributed by atoms with E-state index in [1.54, 1.807) is 6.07 Å². The summed E-state index contributed by atoms with van der Waals surface area (Å²) in [4.78, 5) is 26.2. The Morgan fingerprint density at radius 3 is 2.62 bits per heavy atom. The Morgan fingerprint density at radius 1 is 1.31 bits per heavy atom. The van der Waals surface area contributed by atoms with E-state index in [2.05, 4.69) is 5.32 Å². The molecule has 2 amide bonds. The number of hydrogen-bond donors (Lipinski definition) is 2. The van der Waals surface area contributed by atoms with Crippen LogP contribution in [0.5, 0.6) is 0 Å². The zero-order valence-electron chi connectivity index (χ0n) is 13.8. The molecule has 0 aromatic heterocycles. The molecule has 1 unspecified atom stereocenters. The fraction of sp³-hybridized carbons (Fsp3) is 0.500. The van der Waals surface area contributed by atoms with Gasteiger partial charge < -0.3 is 16.0 Å². The van der Waals surface area contributed by atoms with Crippen LogP contribution in [-0.4, -0.2) is 48.8 Å². The number of likely N-dealkylation sites (tertiary alicyclic amines) is 1. The SMILES string of the molecule is Cl.NCC(F)(F)CNC(=O)C1CCCN(C(=O)c2ccc(Cl)c(Cl)c2)C1. The quantitative estimate of drug-likeness (QED) is 0.754. The summed E-state index contributed by atoms with van der Waals surface area (Å²) in [5, 5.41) is 2.82. The summed E-state index contributed by atoms with van der Waals surface area (Å²) in [6.45, 7) is -0.986. The van der Waals surface area contributed by atoms with Crippen LogP contribution in [0.3, 0.4) is 0 Å². The Labute approximate surface area is 166 Å². The van der Waals surface area contributed by atoms with Gasteiger partial charge in [-0.05, 0) is 31.0 Å². The van der Waals surface area contributed by atoms with Crippen LogP contribution in [-0.2, 0) is 4.79 Å². The number of carbonyl (C=O) groups is 2. The lowest BCUT2D eigenvalue weighted by atomic mass is 9.96. The van der Waals surface area contributed by atoms with E-state index in [4.69, 9.17) is 28.9 Å². The molecule has 5 nitrogen and oxygen atoms in total. The van der Waals surface area contributed by atoms with E-state index < -0.39 is 30.8 Å². The summed E-state index contributed by atoms with van der Waals surface area (Å²) < 4.78 is 26.3. The molecular weight excluding hydrogens is 411 g/mol. The first kappa shape index (κ1) is 22.9. The van der Waals surface area contributed by atoms with E-state index in [1.807, 2.05) is 0 Å². The molecule has 1 atom stereocenters. The Balaban J connectivity index is 0.00000338. The van der Waals surface area contributed by atoms with Crippen LogP contribution < -0.4 is 11.1 Å². The smallest absolute Gasteiger partial charge is 0.277 e. The molecule has 1 heterocycles. The molecule has 1 saturated heterocycles. The molecule has 1 fully saturated rings. The molecule has 0 saturated carbocycles. The summed E-state index contributed by atoms with van der Waals surface area (Å²) in [6.07, 6.45) is 1.14. The van der Waals surface area contributed by atoms with Crippen LogP contribution in [0.15, 0.2) is 18.2 Å². The first-order valence-electron chi connectivity index (χ1n) is 7.83.